The van der Waals surface area contributed by atoms with Crippen molar-refractivity contribution in [3.63, 3.8) is 0 Å². The van der Waals surface area contributed by atoms with Crippen LogP contribution in [0.3, 0.4) is 0 Å². The van der Waals surface area contributed by atoms with E-state index < -0.39 is 0 Å². The van der Waals surface area contributed by atoms with E-state index in [-0.39, 0.29) is 6.67 Å². The van der Waals surface area contributed by atoms with E-state index in [1.54, 1.807) is 0 Å². The molecule has 0 spiro atoms. The molecule has 74 valence electrons. The van der Waals surface area contributed by atoms with Crippen LogP contribution in [0.1, 0.15) is 51.4 Å². The summed E-state index contributed by atoms with van der Waals surface area (Å²) < 4.78 is 11.6. The Balaban J connectivity index is 2.73. The van der Waals surface area contributed by atoms with E-state index in [0.717, 1.165) is 25.7 Å². The lowest BCUT2D eigenvalue weighted by atomic mass is 10.1. The van der Waals surface area contributed by atoms with Crippen LogP contribution in [0.25, 0.3) is 0 Å². The van der Waals surface area contributed by atoms with Crippen molar-refractivity contribution >= 4 is 0 Å². The van der Waals surface area contributed by atoms with Gasteiger partial charge in [0.1, 0.15) is 0 Å². The molecule has 12 heavy (non-hydrogen) atoms. The average Bonchev–Trinajstić information content (AvgIpc) is 2.10. The molecule has 0 amide bonds. The first kappa shape index (κ1) is 11.9. The number of aliphatic hydroxyl groups excluding tert-OH is 1. The van der Waals surface area contributed by atoms with Crippen LogP contribution >= 0.6 is 0 Å². The Kier molecular flexibility index (Phi) is 10.8. The molecule has 0 aromatic heterocycles. The zero-order valence-corrected chi connectivity index (χ0v) is 7.90. The molecule has 0 saturated carbocycles. The quantitative estimate of drug-likeness (QED) is 0.535. The molecule has 0 aliphatic rings. The van der Waals surface area contributed by atoms with E-state index in [4.69, 9.17) is 5.11 Å². The molecule has 0 heterocycles. The number of aliphatic hydroxyl groups is 1. The fourth-order valence-corrected chi connectivity index (χ4v) is 1.27. The molecule has 0 fully saturated rings. The zero-order valence-electron chi connectivity index (χ0n) is 7.90. The van der Waals surface area contributed by atoms with Crippen LogP contribution in [-0.4, -0.2) is 18.4 Å². The maximum atomic E-state index is 11.6. The van der Waals surface area contributed by atoms with Crippen LogP contribution in [0.15, 0.2) is 0 Å². The van der Waals surface area contributed by atoms with Crippen LogP contribution in [-0.2, 0) is 0 Å². The number of hydrogen-bond acceptors (Lipinski definition) is 1. The van der Waals surface area contributed by atoms with Crippen molar-refractivity contribution in [2.75, 3.05) is 13.3 Å². The van der Waals surface area contributed by atoms with Crippen molar-refractivity contribution in [1.82, 2.24) is 0 Å². The number of unbranched alkanes of at least 4 members (excludes halogenated alkanes) is 7. The van der Waals surface area contributed by atoms with E-state index in [0.29, 0.717) is 6.61 Å². The molecule has 0 radical (unpaired) electrons. The smallest absolute Gasteiger partial charge is 0.0894 e. The first-order valence-corrected chi connectivity index (χ1v) is 5.08. The van der Waals surface area contributed by atoms with Crippen molar-refractivity contribution < 1.29 is 9.50 Å². The average molecular weight is 176 g/mol. The second-order valence-corrected chi connectivity index (χ2v) is 3.24. The lowest BCUT2D eigenvalue weighted by molar-refractivity contribution is 0.282. The van der Waals surface area contributed by atoms with Crippen molar-refractivity contribution in [2.45, 2.75) is 51.4 Å². The van der Waals surface area contributed by atoms with Gasteiger partial charge >= 0.3 is 0 Å². The highest BCUT2D eigenvalue weighted by Gasteiger charge is 1.90. The fraction of sp³-hybridized carbons (Fsp3) is 1.00. The monoisotopic (exact) mass is 176 g/mol. The minimum absolute atomic E-state index is 0.162. The van der Waals surface area contributed by atoms with Crippen LogP contribution in [0, 0.1) is 0 Å². The van der Waals surface area contributed by atoms with Gasteiger partial charge < -0.3 is 5.11 Å². The van der Waals surface area contributed by atoms with E-state index in [9.17, 15) is 4.39 Å². The largest absolute Gasteiger partial charge is 0.396 e. The number of hydrogen-bond donors (Lipinski definition) is 1. The molecule has 0 aromatic carbocycles. The van der Waals surface area contributed by atoms with Crippen LogP contribution in [0.2, 0.25) is 0 Å². The Morgan fingerprint density at radius 2 is 1.08 bits per heavy atom. The summed E-state index contributed by atoms with van der Waals surface area (Å²) >= 11 is 0. The highest BCUT2D eigenvalue weighted by Crippen LogP contribution is 2.08. The van der Waals surface area contributed by atoms with Crippen LogP contribution < -0.4 is 0 Å². The van der Waals surface area contributed by atoms with Gasteiger partial charge in [0.25, 0.3) is 0 Å². The Bertz CT molecular complexity index is 66.2. The summed E-state index contributed by atoms with van der Waals surface area (Å²) in [6, 6.07) is 0. The lowest BCUT2D eigenvalue weighted by Gasteiger charge is -1.99. The minimum Gasteiger partial charge on any atom is -0.396 e. The molecular weight excluding hydrogens is 155 g/mol. The van der Waals surface area contributed by atoms with Crippen molar-refractivity contribution in [1.29, 1.82) is 0 Å². The number of alkyl halides is 1. The maximum Gasteiger partial charge on any atom is 0.0894 e. The van der Waals surface area contributed by atoms with E-state index in [2.05, 4.69) is 0 Å². The Labute approximate surface area is 75.0 Å². The SMILES string of the molecule is OCCCCCCCCCCF. The Morgan fingerprint density at radius 1 is 0.667 bits per heavy atom. The van der Waals surface area contributed by atoms with E-state index >= 15 is 0 Å². The Hall–Kier alpha value is -0.110. The van der Waals surface area contributed by atoms with Gasteiger partial charge in [-0.3, -0.25) is 4.39 Å². The molecule has 0 bridgehead atoms. The van der Waals surface area contributed by atoms with E-state index in [1.165, 1.54) is 25.7 Å². The van der Waals surface area contributed by atoms with Gasteiger partial charge in [-0.25, -0.2) is 0 Å². The van der Waals surface area contributed by atoms with Gasteiger partial charge in [0.2, 0.25) is 0 Å². The second-order valence-electron chi connectivity index (χ2n) is 3.24. The number of rotatable bonds is 9. The highest BCUT2D eigenvalue weighted by atomic mass is 19.1. The summed E-state index contributed by atoms with van der Waals surface area (Å²) in [5.41, 5.74) is 0. The molecule has 0 aliphatic heterocycles. The number of halogens is 1. The third-order valence-electron chi connectivity index (χ3n) is 2.04. The van der Waals surface area contributed by atoms with Crippen LogP contribution in [0.5, 0.6) is 0 Å². The first-order valence-electron chi connectivity index (χ1n) is 5.08. The summed E-state index contributed by atoms with van der Waals surface area (Å²) in [4.78, 5) is 0. The summed E-state index contributed by atoms with van der Waals surface area (Å²) in [5.74, 6) is 0. The summed E-state index contributed by atoms with van der Waals surface area (Å²) in [6.45, 7) is 0.159. The van der Waals surface area contributed by atoms with Gasteiger partial charge in [0, 0.05) is 6.61 Å². The molecule has 1 N–H and O–H groups in total. The van der Waals surface area contributed by atoms with Crippen molar-refractivity contribution in [3.05, 3.63) is 0 Å². The normalized spacial score (nSPS) is 10.5. The van der Waals surface area contributed by atoms with Gasteiger partial charge in [-0.1, -0.05) is 38.5 Å². The van der Waals surface area contributed by atoms with Crippen LogP contribution in [0.4, 0.5) is 4.39 Å². The zero-order chi connectivity index (χ0) is 9.07. The molecule has 0 atom stereocenters. The Morgan fingerprint density at radius 3 is 1.50 bits per heavy atom. The van der Waals surface area contributed by atoms with Gasteiger partial charge in [0.15, 0.2) is 0 Å². The third kappa shape index (κ3) is 9.89. The second kappa shape index (κ2) is 10.9. The van der Waals surface area contributed by atoms with Gasteiger partial charge in [0.05, 0.1) is 6.67 Å². The molecule has 0 aliphatic carbocycles. The first-order chi connectivity index (χ1) is 5.91. The highest BCUT2D eigenvalue weighted by molar-refractivity contribution is 4.45. The maximum absolute atomic E-state index is 11.6. The molecule has 0 aromatic rings. The van der Waals surface area contributed by atoms with Gasteiger partial charge in [-0.2, -0.15) is 0 Å². The summed E-state index contributed by atoms with van der Waals surface area (Å²) in [6.07, 6.45) is 8.70. The predicted octanol–water partition coefficient (Wildman–Crippen LogP) is 3.07. The minimum atomic E-state index is -0.162. The molecule has 2 heteroatoms. The van der Waals surface area contributed by atoms with Gasteiger partial charge in [-0.05, 0) is 12.8 Å². The summed E-state index contributed by atoms with van der Waals surface area (Å²) in [7, 11) is 0. The molecular formula is C10H21FO. The molecule has 0 rings (SSSR count). The molecule has 1 nitrogen and oxygen atoms in total. The predicted molar refractivity (Wildman–Crippen MR) is 50.0 cm³/mol. The topological polar surface area (TPSA) is 20.2 Å². The fourth-order valence-electron chi connectivity index (χ4n) is 1.27. The molecule has 0 unspecified atom stereocenters. The van der Waals surface area contributed by atoms with Crippen molar-refractivity contribution in [3.8, 4) is 0 Å². The summed E-state index contributed by atoms with van der Waals surface area (Å²) in [5, 5.41) is 8.50. The van der Waals surface area contributed by atoms with E-state index in [1.807, 2.05) is 0 Å². The third-order valence-corrected chi connectivity index (χ3v) is 2.04. The standard InChI is InChI=1S/C10H21FO/c11-9-7-5-3-1-2-4-6-8-10-12/h12H,1-10H2. The van der Waals surface area contributed by atoms with Gasteiger partial charge in [-0.15, -0.1) is 0 Å². The lowest BCUT2D eigenvalue weighted by Crippen LogP contribution is -1.84. The van der Waals surface area contributed by atoms with Crippen molar-refractivity contribution in [2.24, 2.45) is 0 Å². The molecule has 0 saturated heterocycles.